The van der Waals surface area contributed by atoms with Crippen LogP contribution in [0.4, 0.5) is 11.4 Å². The number of nitrogens with one attached hydrogen (secondary N) is 2. The lowest BCUT2D eigenvalue weighted by Gasteiger charge is -2.31. The van der Waals surface area contributed by atoms with Gasteiger partial charge in [0.15, 0.2) is 0 Å². The van der Waals surface area contributed by atoms with Crippen LogP contribution < -0.4 is 10.6 Å². The van der Waals surface area contributed by atoms with Crippen molar-refractivity contribution >= 4 is 19.9 Å². The van der Waals surface area contributed by atoms with E-state index in [-0.39, 0.29) is 0 Å². The van der Waals surface area contributed by atoms with Gasteiger partial charge in [0.2, 0.25) is 0 Å². The molecule has 0 aliphatic carbocycles. The lowest BCUT2D eigenvalue weighted by Crippen LogP contribution is -2.55. The maximum atomic E-state index is 6.11. The first kappa shape index (κ1) is 17.5. The molecular formula is C18H26N2O2Si. The summed E-state index contributed by atoms with van der Waals surface area (Å²) >= 11 is 0. The third-order valence-electron chi connectivity index (χ3n) is 3.49. The molecule has 0 radical (unpaired) electrons. The zero-order chi connectivity index (χ0) is 16.4. The fraction of sp³-hybridized carbons (Fsp3) is 0.333. The van der Waals surface area contributed by atoms with Crippen LogP contribution in [-0.2, 0) is 8.85 Å². The number of hydrogen-bond donors (Lipinski definition) is 2. The number of anilines is 2. The summed E-state index contributed by atoms with van der Waals surface area (Å²) in [6.07, 6.45) is 1.41. The van der Waals surface area contributed by atoms with Gasteiger partial charge in [-0.3, -0.25) is 0 Å². The monoisotopic (exact) mass is 330 g/mol. The van der Waals surface area contributed by atoms with Gasteiger partial charge in [-0.25, -0.2) is 0 Å². The van der Waals surface area contributed by atoms with E-state index in [0.29, 0.717) is 25.5 Å². The molecule has 0 fully saturated rings. The molecule has 5 heteroatoms. The van der Waals surface area contributed by atoms with E-state index in [0.717, 1.165) is 11.4 Å². The minimum Gasteiger partial charge on any atom is -0.393 e. The molecular weight excluding hydrogens is 304 g/mol. The van der Waals surface area contributed by atoms with Gasteiger partial charge in [0.1, 0.15) is 0 Å². The van der Waals surface area contributed by atoms with E-state index in [4.69, 9.17) is 8.85 Å². The molecule has 0 amide bonds. The lowest BCUT2D eigenvalue weighted by molar-refractivity contribution is 0.187. The highest BCUT2D eigenvalue weighted by atomic mass is 28.4. The molecule has 2 rings (SSSR count). The minimum atomic E-state index is -2.38. The Kier molecular flexibility index (Phi) is 7.12. The van der Waals surface area contributed by atoms with E-state index in [1.807, 2.05) is 50.2 Å². The summed E-state index contributed by atoms with van der Waals surface area (Å²) in [7, 11) is -2.38. The normalized spacial score (nSPS) is 11.2. The van der Waals surface area contributed by atoms with Crippen LogP contribution >= 0.6 is 0 Å². The summed E-state index contributed by atoms with van der Waals surface area (Å²) in [6, 6.07) is 20.3. The quantitative estimate of drug-likeness (QED) is 0.650. The second kappa shape index (κ2) is 9.35. The van der Waals surface area contributed by atoms with Gasteiger partial charge >= 0.3 is 8.56 Å². The van der Waals surface area contributed by atoms with Crippen molar-refractivity contribution in [3.05, 3.63) is 60.7 Å². The Morgan fingerprint density at radius 3 is 1.43 bits per heavy atom. The van der Waals surface area contributed by atoms with Crippen molar-refractivity contribution in [2.75, 3.05) is 36.2 Å². The van der Waals surface area contributed by atoms with E-state index < -0.39 is 8.56 Å². The van der Waals surface area contributed by atoms with Gasteiger partial charge in [-0.1, -0.05) is 36.4 Å². The predicted octanol–water partition coefficient (Wildman–Crippen LogP) is 3.80. The molecule has 0 aromatic heterocycles. The number of hydrogen-bond acceptors (Lipinski definition) is 4. The molecule has 0 heterocycles. The molecule has 2 aromatic rings. The molecule has 0 spiro atoms. The van der Waals surface area contributed by atoms with E-state index in [1.165, 1.54) is 0 Å². The molecule has 0 saturated heterocycles. The third-order valence-corrected chi connectivity index (χ3v) is 6.55. The molecule has 124 valence electrons. The lowest BCUT2D eigenvalue weighted by atomic mass is 10.3. The van der Waals surface area contributed by atoms with Crippen LogP contribution in [0.1, 0.15) is 13.8 Å². The highest BCUT2D eigenvalue weighted by molar-refractivity contribution is 6.68. The van der Waals surface area contributed by atoms with Crippen LogP contribution in [0.5, 0.6) is 0 Å². The second-order valence-electron chi connectivity index (χ2n) is 5.22. The fourth-order valence-corrected chi connectivity index (χ4v) is 5.04. The largest absolute Gasteiger partial charge is 0.393 e. The molecule has 0 aliphatic rings. The summed E-state index contributed by atoms with van der Waals surface area (Å²) in [5, 5.41) is 6.93. The molecule has 0 aliphatic heterocycles. The number of para-hydroxylation sites is 2. The fourth-order valence-electron chi connectivity index (χ4n) is 2.42. The molecule has 2 aromatic carbocycles. The number of benzene rings is 2. The zero-order valence-electron chi connectivity index (χ0n) is 13.9. The SMILES string of the molecule is CCO[Si](CNc1ccccc1)(CNc1ccccc1)OCC. The Balaban J connectivity index is 2.03. The maximum Gasteiger partial charge on any atom is 0.377 e. The van der Waals surface area contributed by atoms with E-state index in [2.05, 4.69) is 34.9 Å². The van der Waals surface area contributed by atoms with Gasteiger partial charge < -0.3 is 19.5 Å². The van der Waals surface area contributed by atoms with E-state index >= 15 is 0 Å². The van der Waals surface area contributed by atoms with Crippen molar-refractivity contribution in [2.24, 2.45) is 0 Å². The zero-order valence-corrected chi connectivity index (χ0v) is 14.9. The van der Waals surface area contributed by atoms with Crippen LogP contribution in [0.2, 0.25) is 0 Å². The topological polar surface area (TPSA) is 42.5 Å². The maximum absolute atomic E-state index is 6.11. The minimum absolute atomic E-state index is 0.652. The standard InChI is InChI=1S/C18H26N2O2Si/c1-3-21-23(22-4-2,15-19-17-11-7-5-8-12-17)16-20-18-13-9-6-10-14-18/h5-14,19-20H,3-4,15-16H2,1-2H3. The summed E-state index contributed by atoms with van der Waals surface area (Å²) < 4.78 is 12.2. The highest BCUT2D eigenvalue weighted by Crippen LogP contribution is 2.14. The van der Waals surface area contributed by atoms with Crippen LogP contribution in [0.3, 0.4) is 0 Å². The Labute approximate surface area is 140 Å². The van der Waals surface area contributed by atoms with Crippen molar-refractivity contribution in [3.63, 3.8) is 0 Å². The highest BCUT2D eigenvalue weighted by Gasteiger charge is 2.37. The van der Waals surface area contributed by atoms with Crippen LogP contribution in [-0.4, -0.2) is 34.1 Å². The molecule has 0 bridgehead atoms. The van der Waals surface area contributed by atoms with Crippen molar-refractivity contribution in [1.29, 1.82) is 0 Å². The van der Waals surface area contributed by atoms with Gasteiger partial charge in [-0.2, -0.15) is 0 Å². The predicted molar refractivity (Wildman–Crippen MR) is 98.9 cm³/mol. The van der Waals surface area contributed by atoms with E-state index in [1.54, 1.807) is 0 Å². The van der Waals surface area contributed by atoms with Crippen molar-refractivity contribution in [1.82, 2.24) is 0 Å². The summed E-state index contributed by atoms with van der Waals surface area (Å²) in [6.45, 7) is 5.34. The first-order valence-electron chi connectivity index (χ1n) is 8.14. The van der Waals surface area contributed by atoms with Gasteiger partial charge in [-0.05, 0) is 38.1 Å². The molecule has 2 N–H and O–H groups in total. The van der Waals surface area contributed by atoms with E-state index in [9.17, 15) is 0 Å². The first-order chi connectivity index (χ1) is 11.3. The Morgan fingerprint density at radius 2 is 1.09 bits per heavy atom. The van der Waals surface area contributed by atoms with Gasteiger partial charge in [0, 0.05) is 24.6 Å². The molecule has 0 saturated carbocycles. The molecule has 23 heavy (non-hydrogen) atoms. The average molecular weight is 331 g/mol. The summed E-state index contributed by atoms with van der Waals surface area (Å²) in [5.74, 6) is 0. The van der Waals surface area contributed by atoms with Crippen molar-refractivity contribution < 1.29 is 8.85 Å². The number of rotatable bonds is 10. The second-order valence-corrected chi connectivity index (χ2v) is 8.32. The Hall–Kier alpha value is -1.82. The first-order valence-corrected chi connectivity index (χ1v) is 10.4. The van der Waals surface area contributed by atoms with Gasteiger partial charge in [0.05, 0.1) is 12.3 Å². The Bertz CT molecular complexity index is 500. The van der Waals surface area contributed by atoms with Gasteiger partial charge in [-0.15, -0.1) is 0 Å². The summed E-state index contributed by atoms with van der Waals surface area (Å²) in [4.78, 5) is 0. The average Bonchev–Trinajstić information content (AvgIpc) is 2.60. The van der Waals surface area contributed by atoms with Crippen LogP contribution in [0.25, 0.3) is 0 Å². The van der Waals surface area contributed by atoms with Crippen molar-refractivity contribution in [3.8, 4) is 0 Å². The summed E-state index contributed by atoms with van der Waals surface area (Å²) in [5.41, 5.74) is 2.17. The molecule has 0 unspecified atom stereocenters. The van der Waals surface area contributed by atoms with Gasteiger partial charge in [0.25, 0.3) is 0 Å². The molecule has 4 nitrogen and oxygen atoms in total. The molecule has 0 atom stereocenters. The Morgan fingerprint density at radius 1 is 0.696 bits per heavy atom. The van der Waals surface area contributed by atoms with Crippen molar-refractivity contribution in [2.45, 2.75) is 13.8 Å². The third kappa shape index (κ3) is 5.71. The van der Waals surface area contributed by atoms with Crippen LogP contribution in [0, 0.1) is 0 Å². The van der Waals surface area contributed by atoms with Crippen LogP contribution in [0.15, 0.2) is 60.7 Å². The smallest absolute Gasteiger partial charge is 0.377 e.